The van der Waals surface area contributed by atoms with E-state index in [1.54, 1.807) is 0 Å². The number of nitrogens with zero attached hydrogens (tertiary/aromatic N) is 3. The third-order valence-electron chi connectivity index (χ3n) is 5.91. The molecule has 0 bridgehead atoms. The molecule has 0 radical (unpaired) electrons. The van der Waals surface area contributed by atoms with E-state index in [1.165, 1.54) is 0 Å². The number of ether oxygens (including phenoxy) is 4. The van der Waals surface area contributed by atoms with E-state index in [-0.39, 0.29) is 0 Å². The van der Waals surface area contributed by atoms with Gasteiger partial charge in [-0.05, 0) is 0 Å². The molecule has 0 spiro atoms. The Morgan fingerprint density at radius 1 is 0.816 bits per heavy atom. The molecule has 2 saturated heterocycles. The largest absolute Gasteiger partial charge is 0.476 e. The van der Waals surface area contributed by atoms with E-state index in [4.69, 9.17) is 18.9 Å². The predicted molar refractivity (Wildman–Crippen MR) is 113 cm³/mol. The lowest BCUT2D eigenvalue weighted by Crippen LogP contribution is -2.63. The van der Waals surface area contributed by atoms with Crippen molar-refractivity contribution in [3.8, 4) is 5.75 Å². The summed E-state index contributed by atoms with van der Waals surface area (Å²) >= 11 is 0. The zero-order valence-electron chi connectivity index (χ0n) is 18.9. The summed E-state index contributed by atoms with van der Waals surface area (Å²) in [7, 11) is 0. The topological polar surface area (TPSA) is 308 Å². The highest BCUT2D eigenvalue weighted by molar-refractivity contribution is 5.65. The van der Waals surface area contributed by atoms with Crippen LogP contribution in [0.25, 0.3) is 0 Å². The van der Waals surface area contributed by atoms with E-state index in [1.807, 2.05) is 0 Å². The van der Waals surface area contributed by atoms with Crippen LogP contribution < -0.4 is 4.74 Å². The summed E-state index contributed by atoms with van der Waals surface area (Å²) in [4.78, 5) is 30.6. The second-order valence-electron chi connectivity index (χ2n) is 8.27. The number of aliphatic hydroxyl groups excluding tert-OH is 7. The fraction of sp³-hybridized carbons (Fsp3) is 0.667. The van der Waals surface area contributed by atoms with Crippen molar-refractivity contribution in [2.75, 3.05) is 19.8 Å². The van der Waals surface area contributed by atoms with Crippen LogP contribution >= 0.6 is 0 Å². The lowest BCUT2D eigenvalue weighted by Gasteiger charge is -2.43. The normalized spacial score (nSPS) is 35.1. The Bertz CT molecular complexity index is 1040. The first-order chi connectivity index (χ1) is 17.8. The van der Waals surface area contributed by atoms with Gasteiger partial charge in [-0.2, -0.15) is 0 Å². The minimum Gasteiger partial charge on any atom is -0.476 e. The molecule has 2 aliphatic rings. The van der Waals surface area contributed by atoms with Gasteiger partial charge >= 0.3 is 11.4 Å². The SMILES string of the molecule is O=[N+]([O-])c1cc([N+](=O)[O-])c(OC[C@@]2(O[C@H]3O[C@H](CO)[C@@H](O)[C@H](O)[C@H]3O)O[C@H](CO)[C@@H](O)[C@@H]2O)c([N+](=O)[O-])c1. The first-order valence-electron chi connectivity index (χ1n) is 10.6. The number of non-ortho nitro benzene ring substituents is 1. The Hall–Kier alpha value is -3.18. The van der Waals surface area contributed by atoms with Crippen molar-refractivity contribution >= 4 is 17.1 Å². The zero-order chi connectivity index (χ0) is 28.5. The van der Waals surface area contributed by atoms with Crippen LogP contribution in [-0.2, 0) is 14.2 Å². The summed E-state index contributed by atoms with van der Waals surface area (Å²) in [6.45, 7) is -3.08. The number of benzene rings is 1. The van der Waals surface area contributed by atoms with Gasteiger partial charge in [-0.1, -0.05) is 0 Å². The molecule has 20 heteroatoms. The van der Waals surface area contributed by atoms with Crippen LogP contribution in [0, 0.1) is 30.3 Å². The number of nitro groups is 3. The van der Waals surface area contributed by atoms with Crippen molar-refractivity contribution in [3.05, 3.63) is 42.5 Å². The molecule has 0 aromatic heterocycles. The quantitative estimate of drug-likeness (QED) is 0.109. The molecular weight excluding hydrogens is 530 g/mol. The van der Waals surface area contributed by atoms with E-state index in [2.05, 4.69) is 0 Å². The second kappa shape index (κ2) is 11.3. The van der Waals surface area contributed by atoms with Gasteiger partial charge < -0.3 is 54.7 Å². The summed E-state index contributed by atoms with van der Waals surface area (Å²) in [5.74, 6) is -3.86. The van der Waals surface area contributed by atoms with Crippen LogP contribution in [0.3, 0.4) is 0 Å². The molecule has 0 saturated carbocycles. The van der Waals surface area contributed by atoms with E-state index < -0.39 is 112 Å². The number of rotatable bonds is 10. The zero-order valence-corrected chi connectivity index (χ0v) is 18.9. The standard InChI is InChI=1S/C18H23N3O17/c22-3-9-11(24)13(26)14(27)17(36-9)38-18(16(28)12(25)10(4-23)37-18)5-35-15-7(20(31)32)1-6(19(29)30)2-8(15)21(33)34/h1-2,9-14,16-17,22-28H,3-5H2/t9-,10-,11-,12-,13+,14-,16+,17-,18+/m1/s1. The third kappa shape index (κ3) is 5.35. The smallest absolute Gasteiger partial charge is 0.325 e. The van der Waals surface area contributed by atoms with Gasteiger partial charge in [0.2, 0.25) is 5.79 Å². The summed E-state index contributed by atoms with van der Waals surface area (Å²) in [5.41, 5.74) is -3.49. The molecule has 38 heavy (non-hydrogen) atoms. The van der Waals surface area contributed by atoms with E-state index in [0.29, 0.717) is 12.1 Å². The molecule has 0 unspecified atom stereocenters. The third-order valence-corrected chi connectivity index (χ3v) is 5.91. The van der Waals surface area contributed by atoms with E-state index in [0.717, 1.165) is 0 Å². The lowest BCUT2D eigenvalue weighted by atomic mass is 9.99. The molecule has 2 heterocycles. The Labute approximate surface area is 210 Å². The molecule has 0 aliphatic carbocycles. The summed E-state index contributed by atoms with van der Waals surface area (Å²) in [6.07, 6.45) is -15.1. The molecule has 9 atom stereocenters. The van der Waals surface area contributed by atoms with Crippen molar-refractivity contribution in [3.63, 3.8) is 0 Å². The van der Waals surface area contributed by atoms with Crippen LogP contribution in [-0.4, -0.2) is 125 Å². The number of hydrogen-bond acceptors (Lipinski definition) is 17. The van der Waals surface area contributed by atoms with Crippen LogP contribution in [0.4, 0.5) is 17.1 Å². The summed E-state index contributed by atoms with van der Waals surface area (Å²) < 4.78 is 21.1. The van der Waals surface area contributed by atoms with E-state index >= 15 is 0 Å². The number of aliphatic hydroxyl groups is 7. The van der Waals surface area contributed by atoms with Gasteiger partial charge in [-0.3, -0.25) is 30.3 Å². The fourth-order valence-electron chi connectivity index (χ4n) is 3.90. The maximum absolute atomic E-state index is 11.5. The summed E-state index contributed by atoms with van der Waals surface area (Å²) in [5, 5.41) is 104. The van der Waals surface area contributed by atoms with E-state index in [9.17, 15) is 66.1 Å². The first kappa shape index (κ1) is 29.4. The minimum absolute atomic E-state index is 0.366. The first-order valence-corrected chi connectivity index (χ1v) is 10.6. The average molecular weight is 553 g/mol. The van der Waals surface area contributed by atoms with Crippen LogP contribution in [0.2, 0.25) is 0 Å². The van der Waals surface area contributed by atoms with Crippen LogP contribution in [0.5, 0.6) is 5.75 Å². The molecule has 3 rings (SSSR count). The van der Waals surface area contributed by atoms with Gasteiger partial charge in [-0.25, -0.2) is 0 Å². The summed E-state index contributed by atoms with van der Waals surface area (Å²) in [6, 6.07) is 0.732. The van der Waals surface area contributed by atoms with Crippen molar-refractivity contribution in [2.45, 2.75) is 54.8 Å². The Morgan fingerprint density at radius 2 is 1.37 bits per heavy atom. The monoisotopic (exact) mass is 553 g/mol. The van der Waals surface area contributed by atoms with Crippen molar-refractivity contribution in [2.24, 2.45) is 0 Å². The second-order valence-corrected chi connectivity index (χ2v) is 8.27. The van der Waals surface area contributed by atoms with Crippen molar-refractivity contribution < 1.29 is 69.5 Å². The highest BCUT2D eigenvalue weighted by Crippen LogP contribution is 2.43. The van der Waals surface area contributed by atoms with Gasteiger partial charge in [0.05, 0.1) is 40.1 Å². The highest BCUT2D eigenvalue weighted by atomic mass is 16.8. The highest BCUT2D eigenvalue weighted by Gasteiger charge is 2.59. The van der Waals surface area contributed by atoms with Crippen molar-refractivity contribution in [1.29, 1.82) is 0 Å². The number of nitro benzene ring substituents is 3. The van der Waals surface area contributed by atoms with Gasteiger partial charge in [0.25, 0.3) is 11.4 Å². The molecule has 212 valence electrons. The van der Waals surface area contributed by atoms with Gasteiger partial charge in [0, 0.05) is 0 Å². The predicted octanol–water partition coefficient (Wildman–Crippen LogP) is -3.58. The van der Waals surface area contributed by atoms with Gasteiger partial charge in [-0.15, -0.1) is 0 Å². The minimum atomic E-state index is -2.72. The molecule has 1 aromatic carbocycles. The van der Waals surface area contributed by atoms with Crippen LogP contribution in [0.15, 0.2) is 12.1 Å². The Morgan fingerprint density at radius 3 is 1.82 bits per heavy atom. The molecule has 1 aromatic rings. The molecule has 2 fully saturated rings. The maximum Gasteiger partial charge on any atom is 0.325 e. The lowest BCUT2D eigenvalue weighted by molar-refractivity contribution is -0.405. The molecule has 0 amide bonds. The fourth-order valence-corrected chi connectivity index (χ4v) is 3.90. The van der Waals surface area contributed by atoms with Crippen LogP contribution in [0.1, 0.15) is 0 Å². The molecule has 7 N–H and O–H groups in total. The van der Waals surface area contributed by atoms with Gasteiger partial charge in [0.15, 0.2) is 6.29 Å². The molecule has 2 aliphatic heterocycles. The van der Waals surface area contributed by atoms with Gasteiger partial charge in [0.1, 0.15) is 49.3 Å². The molecular formula is C18H23N3O17. The maximum atomic E-state index is 11.5. The molecule has 20 nitrogen and oxygen atoms in total. The Balaban J connectivity index is 2.03. The Kier molecular flexibility index (Phi) is 8.72. The average Bonchev–Trinajstić information content (AvgIpc) is 3.11. The van der Waals surface area contributed by atoms with Crippen molar-refractivity contribution in [1.82, 2.24) is 0 Å². The number of hydrogen-bond donors (Lipinski definition) is 7.